The minimum Gasteiger partial charge on any atom is -0.321 e. The van der Waals surface area contributed by atoms with E-state index in [0.29, 0.717) is 10.2 Å². The fourth-order valence-corrected chi connectivity index (χ4v) is 5.04. The van der Waals surface area contributed by atoms with Crippen molar-refractivity contribution in [1.82, 2.24) is 0 Å². The van der Waals surface area contributed by atoms with E-state index in [9.17, 15) is 18.0 Å². The third kappa shape index (κ3) is 2.89. The number of benzene rings is 3. The second-order valence-electron chi connectivity index (χ2n) is 5.97. The molecule has 134 valence electrons. The minimum atomic E-state index is -3.88. The van der Waals surface area contributed by atoms with Gasteiger partial charge in [-0.2, -0.15) is 0 Å². The molecule has 3 aromatic carbocycles. The zero-order valence-corrected chi connectivity index (χ0v) is 16.2. The molecule has 0 saturated carbocycles. The van der Waals surface area contributed by atoms with Crippen LogP contribution in [0.15, 0.2) is 81.0 Å². The van der Waals surface area contributed by atoms with E-state index in [2.05, 4.69) is 21.2 Å². The highest BCUT2D eigenvalue weighted by molar-refractivity contribution is 9.10. The average Bonchev–Trinajstić information content (AvgIpc) is 2.68. The molecule has 0 saturated heterocycles. The number of fused-ring (bicyclic) bond motifs is 2. The predicted octanol–water partition coefficient (Wildman–Crippen LogP) is 4.08. The van der Waals surface area contributed by atoms with Crippen molar-refractivity contribution in [3.63, 3.8) is 0 Å². The van der Waals surface area contributed by atoms with Crippen LogP contribution in [0, 0.1) is 0 Å². The molecule has 0 atom stereocenters. The maximum Gasteiger partial charge on any atom is 0.255 e. The van der Waals surface area contributed by atoms with Crippen LogP contribution in [0.2, 0.25) is 0 Å². The Hall–Kier alpha value is -2.77. The molecule has 1 N–H and O–H groups in total. The Bertz CT molecular complexity index is 1220. The highest BCUT2D eigenvalue weighted by Crippen LogP contribution is 2.35. The van der Waals surface area contributed by atoms with Gasteiger partial charge in [0.05, 0.1) is 15.5 Å². The lowest BCUT2D eigenvalue weighted by Crippen LogP contribution is -2.21. The van der Waals surface area contributed by atoms with Crippen LogP contribution in [0.3, 0.4) is 0 Å². The second kappa shape index (κ2) is 6.44. The van der Waals surface area contributed by atoms with Crippen LogP contribution in [0.1, 0.15) is 26.3 Å². The summed E-state index contributed by atoms with van der Waals surface area (Å²) in [6.45, 7) is 0. The SMILES string of the molecule is O=C(Nc1ccccc1Br)c1ccc2c(c1)S(=O)(=O)c1ccccc1C2=O. The van der Waals surface area contributed by atoms with Crippen LogP contribution in [0.25, 0.3) is 0 Å². The molecule has 3 aromatic rings. The Morgan fingerprint density at radius 3 is 2.30 bits per heavy atom. The molecule has 5 nitrogen and oxygen atoms in total. The summed E-state index contributed by atoms with van der Waals surface area (Å²) < 4.78 is 26.6. The summed E-state index contributed by atoms with van der Waals surface area (Å²) in [5.41, 5.74) is 0.936. The number of nitrogens with one attached hydrogen (secondary N) is 1. The Morgan fingerprint density at radius 2 is 1.52 bits per heavy atom. The summed E-state index contributed by atoms with van der Waals surface area (Å²) in [4.78, 5) is 25.0. The number of rotatable bonds is 2. The summed E-state index contributed by atoms with van der Waals surface area (Å²) in [7, 11) is -3.88. The molecule has 0 bridgehead atoms. The molecular formula is C20H12BrNO4S. The molecule has 27 heavy (non-hydrogen) atoms. The Morgan fingerprint density at radius 1 is 0.852 bits per heavy atom. The lowest BCUT2D eigenvalue weighted by molar-refractivity contribution is 0.101. The van der Waals surface area contributed by atoms with Crippen molar-refractivity contribution in [3.05, 3.63) is 87.9 Å². The third-order valence-corrected chi connectivity index (χ3v) is 6.86. The molecule has 0 aliphatic carbocycles. The average molecular weight is 442 g/mol. The largest absolute Gasteiger partial charge is 0.321 e. The first-order chi connectivity index (χ1) is 12.9. The second-order valence-corrected chi connectivity index (χ2v) is 8.71. The summed E-state index contributed by atoms with van der Waals surface area (Å²) in [6, 6.07) is 17.3. The van der Waals surface area contributed by atoms with Crippen molar-refractivity contribution in [2.24, 2.45) is 0 Å². The van der Waals surface area contributed by atoms with Crippen LogP contribution >= 0.6 is 15.9 Å². The van der Waals surface area contributed by atoms with Gasteiger partial charge in [-0.05, 0) is 58.4 Å². The van der Waals surface area contributed by atoms with Crippen LogP contribution in [0.5, 0.6) is 0 Å². The van der Waals surface area contributed by atoms with E-state index >= 15 is 0 Å². The zero-order chi connectivity index (χ0) is 19.2. The van der Waals surface area contributed by atoms with Gasteiger partial charge in [0.2, 0.25) is 9.84 Å². The Labute approximate surface area is 164 Å². The van der Waals surface area contributed by atoms with Gasteiger partial charge < -0.3 is 5.32 Å². The van der Waals surface area contributed by atoms with Crippen LogP contribution in [0.4, 0.5) is 5.69 Å². The molecule has 0 fully saturated rings. The minimum absolute atomic E-state index is 0.0362. The van der Waals surface area contributed by atoms with E-state index in [1.807, 2.05) is 6.07 Å². The van der Waals surface area contributed by atoms with E-state index < -0.39 is 15.7 Å². The van der Waals surface area contributed by atoms with Gasteiger partial charge in [0.15, 0.2) is 5.78 Å². The van der Waals surface area contributed by atoms with Gasteiger partial charge in [-0.3, -0.25) is 9.59 Å². The lowest BCUT2D eigenvalue weighted by Gasteiger charge is -2.19. The number of anilines is 1. The van der Waals surface area contributed by atoms with Gasteiger partial charge in [-0.25, -0.2) is 8.42 Å². The van der Waals surface area contributed by atoms with Crippen molar-refractivity contribution in [1.29, 1.82) is 0 Å². The van der Waals surface area contributed by atoms with E-state index in [0.717, 1.165) is 0 Å². The molecule has 1 aliphatic heterocycles. The fraction of sp³-hybridized carbons (Fsp3) is 0. The molecule has 1 heterocycles. The topological polar surface area (TPSA) is 80.3 Å². The first-order valence-electron chi connectivity index (χ1n) is 7.98. The number of carbonyl (C=O) groups is 2. The number of halogens is 1. The molecule has 1 aliphatic rings. The molecular weight excluding hydrogens is 430 g/mol. The van der Waals surface area contributed by atoms with Crippen molar-refractivity contribution < 1.29 is 18.0 Å². The Kier molecular flexibility index (Phi) is 4.20. The number of amides is 1. The van der Waals surface area contributed by atoms with Crippen LogP contribution in [-0.2, 0) is 9.84 Å². The van der Waals surface area contributed by atoms with Gasteiger partial charge in [-0.1, -0.05) is 24.3 Å². The maximum absolute atomic E-state index is 12.9. The molecule has 0 radical (unpaired) electrons. The summed E-state index contributed by atoms with van der Waals surface area (Å²) in [5, 5.41) is 2.73. The van der Waals surface area contributed by atoms with Gasteiger partial charge in [0.1, 0.15) is 0 Å². The molecule has 0 spiro atoms. The first kappa shape index (κ1) is 17.6. The van der Waals surface area contributed by atoms with Crippen molar-refractivity contribution in [2.45, 2.75) is 9.79 Å². The predicted molar refractivity (Wildman–Crippen MR) is 104 cm³/mol. The van der Waals surface area contributed by atoms with Gasteiger partial charge >= 0.3 is 0 Å². The van der Waals surface area contributed by atoms with Gasteiger partial charge in [-0.15, -0.1) is 0 Å². The molecule has 0 aromatic heterocycles. The third-order valence-electron chi connectivity index (χ3n) is 4.32. The van der Waals surface area contributed by atoms with E-state index in [4.69, 9.17) is 0 Å². The molecule has 4 rings (SSSR count). The zero-order valence-electron chi connectivity index (χ0n) is 13.8. The number of hydrogen-bond donors (Lipinski definition) is 1. The Balaban J connectivity index is 1.78. The first-order valence-corrected chi connectivity index (χ1v) is 10.3. The van der Waals surface area contributed by atoms with E-state index in [1.54, 1.807) is 30.3 Å². The number of hydrogen-bond acceptors (Lipinski definition) is 4. The van der Waals surface area contributed by atoms with Crippen molar-refractivity contribution in [2.75, 3.05) is 5.32 Å². The highest BCUT2D eigenvalue weighted by atomic mass is 79.9. The molecule has 1 amide bonds. The monoisotopic (exact) mass is 441 g/mol. The standard InChI is InChI=1S/C20H12BrNO4S/c21-15-6-2-3-7-16(15)22-20(24)12-9-10-14-18(11-12)27(25,26)17-8-4-1-5-13(17)19(14)23/h1-11H,(H,22,24). The van der Waals surface area contributed by atoms with Gasteiger partial charge in [0, 0.05) is 21.2 Å². The highest BCUT2D eigenvalue weighted by Gasteiger charge is 2.35. The van der Waals surface area contributed by atoms with Gasteiger partial charge in [0.25, 0.3) is 5.91 Å². The molecule has 0 unspecified atom stereocenters. The van der Waals surface area contributed by atoms with Crippen LogP contribution in [-0.4, -0.2) is 20.1 Å². The normalized spacial score (nSPS) is 14.2. The summed E-state index contributed by atoms with van der Waals surface area (Å²) in [6.07, 6.45) is 0. The van der Waals surface area contributed by atoms with E-state index in [-0.39, 0.29) is 32.3 Å². The molecule has 7 heteroatoms. The maximum atomic E-state index is 12.9. The van der Waals surface area contributed by atoms with Crippen LogP contribution < -0.4 is 5.32 Å². The summed E-state index contributed by atoms with van der Waals surface area (Å²) in [5.74, 6) is -0.834. The number of sulfone groups is 1. The smallest absolute Gasteiger partial charge is 0.255 e. The lowest BCUT2D eigenvalue weighted by atomic mass is 10.0. The number of carbonyl (C=O) groups excluding carboxylic acids is 2. The summed E-state index contributed by atoms with van der Waals surface area (Å²) >= 11 is 3.35. The van der Waals surface area contributed by atoms with E-state index in [1.165, 1.54) is 30.3 Å². The fourth-order valence-electron chi connectivity index (χ4n) is 2.98. The number of para-hydroxylation sites is 1. The van der Waals surface area contributed by atoms with Crippen molar-refractivity contribution in [3.8, 4) is 0 Å². The van der Waals surface area contributed by atoms with Crippen molar-refractivity contribution >= 4 is 43.1 Å². The number of ketones is 1. The quantitative estimate of drug-likeness (QED) is 0.508.